The molecule has 31 heavy (non-hydrogen) atoms. The molecule has 0 radical (unpaired) electrons. The minimum absolute atomic E-state index is 0.0897. The Hall–Kier alpha value is -3.31. The molecule has 2 aliphatic heterocycles. The molecule has 4 unspecified atom stereocenters. The highest BCUT2D eigenvalue weighted by atomic mass is 16.6. The van der Waals surface area contributed by atoms with Crippen LogP contribution in [0.2, 0.25) is 0 Å². The third kappa shape index (κ3) is 3.45. The van der Waals surface area contributed by atoms with Crippen molar-refractivity contribution in [2.75, 3.05) is 13.2 Å². The van der Waals surface area contributed by atoms with Crippen LogP contribution in [0.3, 0.4) is 0 Å². The minimum Gasteiger partial charge on any atom is -0.423 e. The van der Waals surface area contributed by atoms with Crippen LogP contribution in [0.1, 0.15) is 18.9 Å². The molecule has 3 fully saturated rings. The second-order valence-corrected chi connectivity index (χ2v) is 8.02. The molecule has 6 rings (SSSR count). The van der Waals surface area contributed by atoms with Crippen LogP contribution in [0.25, 0.3) is 5.69 Å². The number of tetrazole rings is 1. The van der Waals surface area contributed by atoms with Gasteiger partial charge in [0.05, 0.1) is 25.6 Å². The summed E-state index contributed by atoms with van der Waals surface area (Å²) < 4.78 is 21.4. The molecular weight excluding hydrogens is 402 g/mol. The Labute approximate surface area is 177 Å². The van der Waals surface area contributed by atoms with Crippen molar-refractivity contribution in [3.05, 3.63) is 43.0 Å². The number of nitrogens with zero attached hydrogens (tertiary/aromatic N) is 6. The second-order valence-electron chi connectivity index (χ2n) is 8.02. The number of hydrogen-bond donors (Lipinski definition) is 1. The van der Waals surface area contributed by atoms with E-state index in [-0.39, 0.29) is 42.1 Å². The van der Waals surface area contributed by atoms with Gasteiger partial charge in [0.15, 0.2) is 0 Å². The number of ether oxygens (including phenoxy) is 3. The molecule has 1 aromatic carbocycles. The van der Waals surface area contributed by atoms with Gasteiger partial charge in [-0.3, -0.25) is 4.79 Å². The van der Waals surface area contributed by atoms with E-state index in [9.17, 15) is 4.79 Å². The van der Waals surface area contributed by atoms with Crippen molar-refractivity contribution in [1.29, 1.82) is 0 Å². The number of hydrogen-bond acceptors (Lipinski definition) is 8. The number of carbonyl (C=O) groups excluding carboxylic acids is 1. The van der Waals surface area contributed by atoms with Gasteiger partial charge in [0, 0.05) is 24.0 Å². The number of imidazole rings is 1. The zero-order valence-corrected chi connectivity index (χ0v) is 16.6. The van der Waals surface area contributed by atoms with Crippen LogP contribution in [-0.2, 0) is 14.3 Å². The van der Waals surface area contributed by atoms with Crippen molar-refractivity contribution in [3.63, 3.8) is 0 Å². The van der Waals surface area contributed by atoms with Gasteiger partial charge in [-0.2, -0.15) is 4.68 Å². The summed E-state index contributed by atoms with van der Waals surface area (Å²) >= 11 is 0. The molecule has 2 saturated heterocycles. The Morgan fingerprint density at radius 1 is 1.13 bits per heavy atom. The first kappa shape index (κ1) is 18.5. The van der Waals surface area contributed by atoms with E-state index in [4.69, 9.17) is 14.2 Å². The molecule has 160 valence electrons. The van der Waals surface area contributed by atoms with E-state index in [1.165, 1.54) is 0 Å². The Morgan fingerprint density at radius 2 is 1.97 bits per heavy atom. The first-order valence-corrected chi connectivity index (χ1v) is 10.3. The molecule has 3 aliphatic rings. The Balaban J connectivity index is 1.15. The third-order valence-electron chi connectivity index (χ3n) is 5.93. The maximum atomic E-state index is 12.1. The largest absolute Gasteiger partial charge is 0.423 e. The maximum Gasteiger partial charge on any atom is 0.341 e. The summed E-state index contributed by atoms with van der Waals surface area (Å²) in [5, 5.41) is 15.0. The highest BCUT2D eigenvalue weighted by molar-refractivity contribution is 5.81. The fourth-order valence-corrected chi connectivity index (χ4v) is 4.12. The summed E-state index contributed by atoms with van der Waals surface area (Å²) in [7, 11) is 0. The fraction of sp³-hybridized carbons (Fsp3) is 0.450. The summed E-state index contributed by atoms with van der Waals surface area (Å²) in [6.07, 6.45) is 6.78. The highest BCUT2D eigenvalue weighted by Crippen LogP contribution is 2.37. The molecule has 0 spiro atoms. The molecule has 11 nitrogen and oxygen atoms in total. The van der Waals surface area contributed by atoms with Gasteiger partial charge in [-0.05, 0) is 47.5 Å². The van der Waals surface area contributed by atoms with Gasteiger partial charge in [0.25, 0.3) is 0 Å². The zero-order valence-electron chi connectivity index (χ0n) is 16.6. The third-order valence-corrected chi connectivity index (χ3v) is 5.93. The van der Waals surface area contributed by atoms with E-state index < -0.39 is 0 Å². The number of fused-ring (bicyclic) bond motifs is 1. The molecule has 4 heterocycles. The van der Waals surface area contributed by atoms with Crippen molar-refractivity contribution in [2.45, 2.75) is 37.1 Å². The molecule has 1 amide bonds. The standard InChI is InChI=1S/C20H21N7O4/c28-19(12-1-2-12)22-15-9-29-18-16(10-30-17(15)18)27-20(23-24-25-27)31-14-5-3-13(4-6-14)26-8-7-21-11-26/h3-8,11-12,15-18H,1-2,9-10H2,(H,22,28). The summed E-state index contributed by atoms with van der Waals surface area (Å²) in [5.41, 5.74) is 0.968. The van der Waals surface area contributed by atoms with Gasteiger partial charge in [-0.1, -0.05) is 5.10 Å². The molecule has 1 aliphatic carbocycles. The average molecular weight is 423 g/mol. The SMILES string of the molecule is O=C(NC1COC2C1OCC2n1nnnc1Oc1ccc(-n2ccnc2)cc1)C1CC1. The molecule has 1 saturated carbocycles. The number of benzene rings is 1. The molecular formula is C20H21N7O4. The Bertz CT molecular complexity index is 1060. The quantitative estimate of drug-likeness (QED) is 0.621. The molecule has 11 heteroatoms. The Morgan fingerprint density at radius 3 is 2.74 bits per heavy atom. The number of rotatable bonds is 6. The maximum absolute atomic E-state index is 12.1. The van der Waals surface area contributed by atoms with E-state index in [2.05, 4.69) is 25.8 Å². The monoisotopic (exact) mass is 423 g/mol. The van der Waals surface area contributed by atoms with Crippen molar-refractivity contribution >= 4 is 5.91 Å². The van der Waals surface area contributed by atoms with Crippen LogP contribution in [-0.4, -0.2) is 67.1 Å². The predicted molar refractivity (Wildman–Crippen MR) is 105 cm³/mol. The predicted octanol–water partition coefficient (Wildman–Crippen LogP) is 0.885. The van der Waals surface area contributed by atoms with Gasteiger partial charge in [-0.25, -0.2) is 4.98 Å². The number of carbonyl (C=O) groups is 1. The van der Waals surface area contributed by atoms with Gasteiger partial charge in [0.2, 0.25) is 5.91 Å². The summed E-state index contributed by atoms with van der Waals surface area (Å²) in [4.78, 5) is 16.2. The number of aromatic nitrogens is 6. The minimum atomic E-state index is -0.251. The van der Waals surface area contributed by atoms with E-state index in [0.29, 0.717) is 19.0 Å². The van der Waals surface area contributed by atoms with E-state index >= 15 is 0 Å². The van der Waals surface area contributed by atoms with Crippen molar-refractivity contribution < 1.29 is 19.0 Å². The highest BCUT2D eigenvalue weighted by Gasteiger charge is 2.50. The summed E-state index contributed by atoms with van der Waals surface area (Å²) in [6.45, 7) is 0.796. The van der Waals surface area contributed by atoms with Crippen LogP contribution < -0.4 is 10.1 Å². The zero-order chi connectivity index (χ0) is 20.8. The van der Waals surface area contributed by atoms with Gasteiger partial charge in [0.1, 0.15) is 24.0 Å². The van der Waals surface area contributed by atoms with Crippen molar-refractivity contribution in [3.8, 4) is 17.4 Å². The smallest absolute Gasteiger partial charge is 0.341 e. The van der Waals surface area contributed by atoms with Gasteiger partial charge >= 0.3 is 6.01 Å². The topological polar surface area (TPSA) is 118 Å². The normalized spacial score (nSPS) is 27.2. The lowest BCUT2D eigenvalue weighted by Crippen LogP contribution is -2.44. The summed E-state index contributed by atoms with van der Waals surface area (Å²) in [5.74, 6) is 0.847. The van der Waals surface area contributed by atoms with E-state index in [1.807, 2.05) is 35.0 Å². The summed E-state index contributed by atoms with van der Waals surface area (Å²) in [6, 6.07) is 7.41. The van der Waals surface area contributed by atoms with E-state index in [0.717, 1.165) is 18.5 Å². The number of amides is 1. The molecule has 2 aromatic heterocycles. The van der Waals surface area contributed by atoms with Gasteiger partial charge < -0.3 is 24.1 Å². The van der Waals surface area contributed by atoms with Crippen LogP contribution in [0.5, 0.6) is 11.8 Å². The molecule has 0 bridgehead atoms. The molecule has 4 atom stereocenters. The lowest BCUT2D eigenvalue weighted by molar-refractivity contribution is -0.123. The Kier molecular flexibility index (Phi) is 4.42. The van der Waals surface area contributed by atoms with Crippen LogP contribution in [0.15, 0.2) is 43.0 Å². The number of nitrogens with one attached hydrogen (secondary N) is 1. The van der Waals surface area contributed by atoms with Crippen LogP contribution in [0.4, 0.5) is 0 Å². The van der Waals surface area contributed by atoms with Crippen molar-refractivity contribution in [2.24, 2.45) is 5.92 Å². The van der Waals surface area contributed by atoms with Crippen molar-refractivity contribution in [1.82, 2.24) is 35.1 Å². The second kappa shape index (κ2) is 7.43. The first-order chi connectivity index (χ1) is 15.3. The lowest BCUT2D eigenvalue weighted by atomic mass is 10.1. The first-order valence-electron chi connectivity index (χ1n) is 10.3. The van der Waals surface area contributed by atoms with E-state index in [1.54, 1.807) is 17.2 Å². The van der Waals surface area contributed by atoms with Gasteiger partial charge in [-0.15, -0.1) is 0 Å². The molecule has 3 aromatic rings. The average Bonchev–Trinajstić information content (AvgIpc) is 3.17. The lowest BCUT2D eigenvalue weighted by Gasteiger charge is -2.18. The van der Waals surface area contributed by atoms with Crippen LogP contribution >= 0.6 is 0 Å². The fourth-order valence-electron chi connectivity index (χ4n) is 4.12. The molecule has 1 N–H and O–H groups in total. The van der Waals surface area contributed by atoms with Crippen LogP contribution in [0, 0.1) is 5.92 Å².